The van der Waals surface area contributed by atoms with Gasteiger partial charge in [-0.15, -0.1) is 11.3 Å². The molecule has 1 aromatic carbocycles. The first-order valence-electron chi connectivity index (χ1n) is 5.10. The van der Waals surface area contributed by atoms with Crippen LogP contribution in [0.1, 0.15) is 10.4 Å². The number of carbonyl (C=O) groups is 1. The second kappa shape index (κ2) is 5.84. The van der Waals surface area contributed by atoms with Gasteiger partial charge in [-0.2, -0.15) is 0 Å². The fourth-order valence-electron chi connectivity index (χ4n) is 1.39. The second-order valence-electron chi connectivity index (χ2n) is 3.66. The van der Waals surface area contributed by atoms with Crippen LogP contribution in [-0.2, 0) is 10.0 Å². The van der Waals surface area contributed by atoms with Gasteiger partial charge < -0.3 is 5.11 Å². The summed E-state index contributed by atoms with van der Waals surface area (Å²) in [6.07, 6.45) is 0. The molecule has 2 N–H and O–H groups in total. The van der Waals surface area contributed by atoms with Gasteiger partial charge in [-0.3, -0.25) is 4.72 Å². The third-order valence-electron chi connectivity index (χ3n) is 2.29. The second-order valence-corrected chi connectivity index (χ2v) is 8.16. The number of anilines is 1. The number of hydrogen-bond donors (Lipinski definition) is 2. The van der Waals surface area contributed by atoms with Crippen molar-refractivity contribution in [2.45, 2.75) is 4.21 Å². The van der Waals surface area contributed by atoms with Crippen molar-refractivity contribution in [3.8, 4) is 0 Å². The molecule has 5 nitrogen and oxygen atoms in total. The molecule has 0 unspecified atom stereocenters. The molecule has 0 aliphatic rings. The van der Waals surface area contributed by atoms with Gasteiger partial charge in [0.1, 0.15) is 0 Å². The molecule has 0 aliphatic carbocycles. The molecular weight excluding hydrogens is 434 g/mol. The summed E-state index contributed by atoms with van der Waals surface area (Å²) < 4.78 is 27.8. The number of halogens is 2. The van der Waals surface area contributed by atoms with Gasteiger partial charge in [0.2, 0.25) is 0 Å². The van der Waals surface area contributed by atoms with E-state index in [4.69, 9.17) is 5.11 Å². The van der Waals surface area contributed by atoms with Crippen molar-refractivity contribution in [2.24, 2.45) is 0 Å². The van der Waals surface area contributed by atoms with E-state index in [2.05, 4.69) is 36.6 Å². The summed E-state index contributed by atoms with van der Waals surface area (Å²) in [4.78, 5) is 10.8. The summed E-state index contributed by atoms with van der Waals surface area (Å²) in [7, 11) is -3.71. The molecule has 1 aromatic heterocycles. The van der Waals surface area contributed by atoms with E-state index in [0.29, 0.717) is 8.95 Å². The predicted octanol–water partition coefficient (Wildman–Crippen LogP) is 3.77. The topological polar surface area (TPSA) is 83.5 Å². The van der Waals surface area contributed by atoms with E-state index >= 15 is 0 Å². The predicted molar refractivity (Wildman–Crippen MR) is 83.9 cm³/mol. The van der Waals surface area contributed by atoms with Gasteiger partial charge in [-0.25, -0.2) is 13.2 Å². The van der Waals surface area contributed by atoms with Crippen LogP contribution in [0.25, 0.3) is 0 Å². The number of nitrogens with one attached hydrogen (secondary N) is 1. The Morgan fingerprint density at radius 1 is 1.20 bits per heavy atom. The van der Waals surface area contributed by atoms with Crippen molar-refractivity contribution in [3.05, 3.63) is 44.2 Å². The summed E-state index contributed by atoms with van der Waals surface area (Å²) in [6, 6.07) is 5.70. The van der Waals surface area contributed by atoms with Crippen molar-refractivity contribution in [1.29, 1.82) is 0 Å². The fraction of sp³-hybridized carbons (Fsp3) is 0. The number of rotatable bonds is 4. The Labute approximate surface area is 135 Å². The molecule has 106 valence electrons. The Bertz CT molecular complexity index is 770. The Hall–Kier alpha value is -0.900. The van der Waals surface area contributed by atoms with Gasteiger partial charge >= 0.3 is 5.97 Å². The lowest BCUT2D eigenvalue weighted by molar-refractivity contribution is 0.0697. The Kier molecular flexibility index (Phi) is 4.52. The highest BCUT2D eigenvalue weighted by Gasteiger charge is 2.20. The number of hydrogen-bond acceptors (Lipinski definition) is 4. The zero-order valence-electron chi connectivity index (χ0n) is 9.63. The molecule has 0 spiro atoms. The molecule has 0 amide bonds. The lowest BCUT2D eigenvalue weighted by Crippen LogP contribution is -2.12. The van der Waals surface area contributed by atoms with Gasteiger partial charge in [0.05, 0.1) is 11.3 Å². The molecule has 1 heterocycles. The van der Waals surface area contributed by atoms with E-state index in [0.717, 1.165) is 11.3 Å². The van der Waals surface area contributed by atoms with E-state index in [9.17, 15) is 13.2 Å². The van der Waals surface area contributed by atoms with Crippen LogP contribution in [-0.4, -0.2) is 19.5 Å². The summed E-state index contributed by atoms with van der Waals surface area (Å²) >= 11 is 7.40. The zero-order valence-corrected chi connectivity index (χ0v) is 14.4. The zero-order chi connectivity index (χ0) is 14.9. The Morgan fingerprint density at radius 3 is 2.40 bits per heavy atom. The van der Waals surface area contributed by atoms with E-state index in [1.165, 1.54) is 18.2 Å². The smallest absolute Gasteiger partial charge is 0.335 e. The van der Waals surface area contributed by atoms with Crippen molar-refractivity contribution in [3.63, 3.8) is 0 Å². The average Bonchev–Trinajstić information content (AvgIpc) is 2.78. The minimum atomic E-state index is -3.71. The van der Waals surface area contributed by atoms with Crippen LogP contribution in [0.15, 0.2) is 42.8 Å². The highest BCUT2D eigenvalue weighted by molar-refractivity contribution is 9.11. The maximum atomic E-state index is 12.2. The molecular formula is C11H7Br2NO4S2. The summed E-state index contributed by atoms with van der Waals surface area (Å²) in [5.41, 5.74) is 0.340. The number of benzene rings is 1. The molecule has 0 fully saturated rings. The SMILES string of the molecule is O=C(O)c1ccc(NS(=O)(=O)c2sccc2Br)c(Br)c1. The lowest BCUT2D eigenvalue weighted by Gasteiger charge is -2.09. The normalized spacial score (nSPS) is 11.3. The summed E-state index contributed by atoms with van der Waals surface area (Å²) in [5, 5.41) is 10.5. The highest BCUT2D eigenvalue weighted by atomic mass is 79.9. The summed E-state index contributed by atoms with van der Waals surface area (Å²) in [6.45, 7) is 0. The number of thiophene rings is 1. The van der Waals surface area contributed by atoms with Crippen LogP contribution in [0.3, 0.4) is 0 Å². The van der Waals surface area contributed by atoms with E-state index in [1.54, 1.807) is 11.4 Å². The Morgan fingerprint density at radius 2 is 1.90 bits per heavy atom. The molecule has 0 saturated heterocycles. The van der Waals surface area contributed by atoms with Gasteiger partial charge in [-0.1, -0.05) is 0 Å². The molecule has 9 heteroatoms. The molecule has 0 radical (unpaired) electrons. The van der Waals surface area contributed by atoms with Gasteiger partial charge in [0.25, 0.3) is 10.0 Å². The third kappa shape index (κ3) is 3.22. The lowest BCUT2D eigenvalue weighted by atomic mass is 10.2. The minimum absolute atomic E-state index is 0.0668. The molecule has 2 aromatic rings. The van der Waals surface area contributed by atoms with Crippen molar-refractivity contribution >= 4 is 64.9 Å². The van der Waals surface area contributed by atoms with Crippen LogP contribution in [0.2, 0.25) is 0 Å². The van der Waals surface area contributed by atoms with Crippen LogP contribution in [0, 0.1) is 0 Å². The molecule has 2 rings (SSSR count). The summed E-state index contributed by atoms with van der Waals surface area (Å²) in [5.74, 6) is -1.08. The first kappa shape index (κ1) is 15.5. The van der Waals surface area contributed by atoms with Crippen LogP contribution in [0.5, 0.6) is 0 Å². The minimum Gasteiger partial charge on any atom is -0.478 e. The maximum absolute atomic E-state index is 12.2. The first-order chi connectivity index (χ1) is 9.31. The van der Waals surface area contributed by atoms with E-state index in [-0.39, 0.29) is 15.5 Å². The maximum Gasteiger partial charge on any atom is 0.335 e. The van der Waals surface area contributed by atoms with Crippen molar-refractivity contribution in [1.82, 2.24) is 0 Å². The number of carboxylic acid groups (broad SMARTS) is 1. The third-order valence-corrected chi connectivity index (χ3v) is 6.98. The largest absolute Gasteiger partial charge is 0.478 e. The average molecular weight is 441 g/mol. The van der Waals surface area contributed by atoms with Gasteiger partial charge in [0, 0.05) is 8.95 Å². The molecule has 0 bridgehead atoms. The van der Waals surface area contributed by atoms with Crippen LogP contribution < -0.4 is 4.72 Å². The van der Waals surface area contributed by atoms with Crippen LogP contribution in [0.4, 0.5) is 5.69 Å². The number of aromatic carboxylic acids is 1. The molecule has 20 heavy (non-hydrogen) atoms. The van der Waals surface area contributed by atoms with Crippen molar-refractivity contribution in [2.75, 3.05) is 4.72 Å². The molecule has 0 atom stereocenters. The standard InChI is InChI=1S/C11H7Br2NO4S2/c12-7-3-4-19-11(7)20(17,18)14-9-2-1-6(10(15)16)5-8(9)13/h1-5,14H,(H,15,16). The van der Waals surface area contributed by atoms with E-state index in [1.807, 2.05) is 0 Å². The van der Waals surface area contributed by atoms with Crippen LogP contribution >= 0.6 is 43.2 Å². The Balaban J connectivity index is 2.36. The number of carboxylic acids is 1. The highest BCUT2D eigenvalue weighted by Crippen LogP contribution is 2.31. The molecule has 0 aliphatic heterocycles. The van der Waals surface area contributed by atoms with Gasteiger partial charge in [-0.05, 0) is 61.5 Å². The molecule has 0 saturated carbocycles. The fourth-order valence-corrected chi connectivity index (χ4v) is 5.42. The van der Waals surface area contributed by atoms with E-state index < -0.39 is 16.0 Å². The van der Waals surface area contributed by atoms with Gasteiger partial charge in [0.15, 0.2) is 4.21 Å². The number of sulfonamides is 1. The van der Waals surface area contributed by atoms with Crippen molar-refractivity contribution < 1.29 is 18.3 Å². The monoisotopic (exact) mass is 439 g/mol. The first-order valence-corrected chi connectivity index (χ1v) is 9.05. The quantitative estimate of drug-likeness (QED) is 0.757.